The molecule has 0 amide bonds. The van der Waals surface area contributed by atoms with Gasteiger partial charge in [-0.1, -0.05) is 28.1 Å². The molecule has 0 spiro atoms. The van der Waals surface area contributed by atoms with Crippen molar-refractivity contribution in [2.75, 3.05) is 0 Å². The summed E-state index contributed by atoms with van der Waals surface area (Å²) < 4.78 is 20.4. The van der Waals surface area contributed by atoms with Crippen LogP contribution in [0.4, 0.5) is 4.39 Å². The second kappa shape index (κ2) is 6.37. The van der Waals surface area contributed by atoms with Crippen LogP contribution in [0.2, 0.25) is 0 Å². The zero-order valence-corrected chi connectivity index (χ0v) is 13.1. The Kier molecular flexibility index (Phi) is 4.78. The maximum Gasteiger partial charge on any atom is 0.126 e. The number of ether oxygens (including phenoxy) is 1. The van der Waals surface area contributed by atoms with Gasteiger partial charge in [0.05, 0.1) is 0 Å². The van der Waals surface area contributed by atoms with Crippen molar-refractivity contribution in [3.05, 3.63) is 63.4 Å². The number of halogens is 2. The molecule has 1 atom stereocenters. The van der Waals surface area contributed by atoms with Crippen LogP contribution in [0.25, 0.3) is 0 Å². The largest absolute Gasteiger partial charge is 0.489 e. The van der Waals surface area contributed by atoms with Gasteiger partial charge in [0, 0.05) is 16.1 Å². The van der Waals surface area contributed by atoms with E-state index in [0.717, 1.165) is 10.0 Å². The van der Waals surface area contributed by atoms with Crippen LogP contribution in [0, 0.1) is 12.7 Å². The Morgan fingerprint density at radius 2 is 1.90 bits per heavy atom. The molecule has 0 heterocycles. The third kappa shape index (κ3) is 3.58. The predicted molar refractivity (Wildman–Crippen MR) is 82.2 cm³/mol. The summed E-state index contributed by atoms with van der Waals surface area (Å²) in [5.74, 6) is 0.384. The van der Waals surface area contributed by atoms with Gasteiger partial charge in [-0.05, 0) is 49.2 Å². The molecule has 2 aromatic carbocycles. The topological polar surface area (TPSA) is 35.2 Å². The highest BCUT2D eigenvalue weighted by molar-refractivity contribution is 9.10. The van der Waals surface area contributed by atoms with Crippen molar-refractivity contribution >= 4 is 15.9 Å². The molecule has 0 radical (unpaired) electrons. The first-order valence-corrected chi connectivity index (χ1v) is 7.19. The molecule has 4 heteroatoms. The Bertz CT molecular complexity index is 596. The van der Waals surface area contributed by atoms with Gasteiger partial charge in [0.2, 0.25) is 0 Å². The average Bonchev–Trinajstić information content (AvgIpc) is 2.41. The maximum atomic E-state index is 13.6. The van der Waals surface area contributed by atoms with Gasteiger partial charge in [0.1, 0.15) is 18.2 Å². The monoisotopic (exact) mass is 337 g/mol. The van der Waals surface area contributed by atoms with Crippen molar-refractivity contribution in [1.29, 1.82) is 0 Å². The van der Waals surface area contributed by atoms with Gasteiger partial charge in [0.25, 0.3) is 0 Å². The molecule has 0 bridgehead atoms. The first-order valence-electron chi connectivity index (χ1n) is 6.40. The molecule has 2 N–H and O–H groups in total. The van der Waals surface area contributed by atoms with Crippen LogP contribution in [-0.4, -0.2) is 0 Å². The van der Waals surface area contributed by atoms with E-state index >= 15 is 0 Å². The second-order valence-electron chi connectivity index (χ2n) is 4.84. The lowest BCUT2D eigenvalue weighted by Crippen LogP contribution is -2.09. The van der Waals surface area contributed by atoms with Crippen molar-refractivity contribution in [3.63, 3.8) is 0 Å². The van der Waals surface area contributed by atoms with E-state index in [2.05, 4.69) is 15.9 Å². The SMILES string of the molecule is Cc1cc(OCc2ccc(Br)cc2)c([C@@H](C)N)cc1F. The average molecular weight is 338 g/mol. The summed E-state index contributed by atoms with van der Waals surface area (Å²) >= 11 is 3.39. The molecule has 0 saturated carbocycles. The van der Waals surface area contributed by atoms with Gasteiger partial charge in [-0.2, -0.15) is 0 Å². The number of rotatable bonds is 4. The number of aryl methyl sites for hydroxylation is 1. The molecule has 0 unspecified atom stereocenters. The van der Waals surface area contributed by atoms with Gasteiger partial charge in [-0.3, -0.25) is 0 Å². The van der Waals surface area contributed by atoms with Gasteiger partial charge in [-0.15, -0.1) is 0 Å². The molecule has 2 nitrogen and oxygen atoms in total. The highest BCUT2D eigenvalue weighted by Crippen LogP contribution is 2.28. The predicted octanol–water partition coefficient (Wildman–Crippen LogP) is 4.50. The molecule has 0 aliphatic carbocycles. The Morgan fingerprint density at radius 1 is 1.25 bits per heavy atom. The second-order valence-corrected chi connectivity index (χ2v) is 5.76. The molecule has 0 fully saturated rings. The molecular formula is C16H17BrFNO. The zero-order chi connectivity index (χ0) is 14.7. The van der Waals surface area contributed by atoms with Gasteiger partial charge in [0.15, 0.2) is 0 Å². The molecule has 0 aromatic heterocycles. The minimum atomic E-state index is -0.273. The summed E-state index contributed by atoms with van der Waals surface area (Å²) in [6.07, 6.45) is 0. The van der Waals surface area contributed by atoms with Crippen LogP contribution in [0.3, 0.4) is 0 Å². The summed E-state index contributed by atoms with van der Waals surface area (Å²) in [7, 11) is 0. The van der Waals surface area contributed by atoms with Gasteiger partial charge in [-0.25, -0.2) is 4.39 Å². The number of nitrogens with two attached hydrogens (primary N) is 1. The van der Waals surface area contributed by atoms with Crippen LogP contribution >= 0.6 is 15.9 Å². The Balaban J connectivity index is 2.20. The van der Waals surface area contributed by atoms with Crippen LogP contribution in [0.1, 0.15) is 29.7 Å². The molecule has 0 aliphatic heterocycles. The molecule has 0 aliphatic rings. The van der Waals surface area contributed by atoms with E-state index in [1.54, 1.807) is 13.0 Å². The van der Waals surface area contributed by atoms with Crippen LogP contribution < -0.4 is 10.5 Å². The molecule has 2 rings (SSSR count). The summed E-state index contributed by atoms with van der Waals surface area (Å²) in [5, 5.41) is 0. The lowest BCUT2D eigenvalue weighted by atomic mass is 10.1. The first-order chi connectivity index (χ1) is 9.47. The zero-order valence-electron chi connectivity index (χ0n) is 11.5. The maximum absolute atomic E-state index is 13.6. The van der Waals surface area contributed by atoms with E-state index in [1.807, 2.05) is 31.2 Å². The quantitative estimate of drug-likeness (QED) is 0.891. The molecule has 0 saturated heterocycles. The summed E-state index contributed by atoms with van der Waals surface area (Å²) in [5.41, 5.74) is 8.16. The number of benzene rings is 2. The Labute approximate surface area is 126 Å². The lowest BCUT2D eigenvalue weighted by Gasteiger charge is -2.15. The summed E-state index contributed by atoms with van der Waals surface area (Å²) in [6, 6.07) is 10.8. The minimum absolute atomic E-state index is 0.256. The summed E-state index contributed by atoms with van der Waals surface area (Å²) in [4.78, 5) is 0. The van der Waals surface area contributed by atoms with Crippen molar-refractivity contribution in [2.24, 2.45) is 5.73 Å². The van der Waals surface area contributed by atoms with Crippen molar-refractivity contribution in [3.8, 4) is 5.75 Å². The fraction of sp³-hybridized carbons (Fsp3) is 0.250. The Morgan fingerprint density at radius 3 is 2.50 bits per heavy atom. The highest BCUT2D eigenvalue weighted by Gasteiger charge is 2.12. The molecule has 20 heavy (non-hydrogen) atoms. The third-order valence-corrected chi connectivity index (χ3v) is 3.62. The summed E-state index contributed by atoms with van der Waals surface area (Å²) in [6.45, 7) is 3.96. The first kappa shape index (κ1) is 15.0. The third-order valence-electron chi connectivity index (χ3n) is 3.09. The van der Waals surface area contributed by atoms with Crippen molar-refractivity contribution in [1.82, 2.24) is 0 Å². The normalized spacial score (nSPS) is 12.2. The Hall–Kier alpha value is -1.39. The molecule has 106 valence electrons. The fourth-order valence-corrected chi connectivity index (χ4v) is 2.16. The minimum Gasteiger partial charge on any atom is -0.489 e. The number of hydrogen-bond donors (Lipinski definition) is 1. The van der Waals surface area contributed by atoms with E-state index < -0.39 is 0 Å². The number of hydrogen-bond acceptors (Lipinski definition) is 2. The van der Waals surface area contributed by atoms with Gasteiger partial charge >= 0.3 is 0 Å². The molecule has 2 aromatic rings. The van der Waals surface area contributed by atoms with Gasteiger partial charge < -0.3 is 10.5 Å². The molecular weight excluding hydrogens is 321 g/mol. The van der Waals surface area contributed by atoms with Crippen LogP contribution in [0.5, 0.6) is 5.75 Å². The lowest BCUT2D eigenvalue weighted by molar-refractivity contribution is 0.300. The van der Waals surface area contributed by atoms with E-state index in [4.69, 9.17) is 10.5 Å². The smallest absolute Gasteiger partial charge is 0.126 e. The van der Waals surface area contributed by atoms with E-state index in [0.29, 0.717) is 23.5 Å². The van der Waals surface area contributed by atoms with Crippen molar-refractivity contribution < 1.29 is 9.13 Å². The van der Waals surface area contributed by atoms with Crippen molar-refractivity contribution in [2.45, 2.75) is 26.5 Å². The standard InChI is InChI=1S/C16H17BrFNO/c1-10-7-16(14(11(2)19)8-15(10)18)20-9-12-3-5-13(17)6-4-12/h3-8,11H,9,19H2,1-2H3/t11-/m1/s1. The highest BCUT2D eigenvalue weighted by atomic mass is 79.9. The van der Waals surface area contributed by atoms with Crippen LogP contribution in [0.15, 0.2) is 40.9 Å². The fourth-order valence-electron chi connectivity index (χ4n) is 1.89. The van der Waals surface area contributed by atoms with E-state index in [-0.39, 0.29) is 11.9 Å². The van der Waals surface area contributed by atoms with Crippen LogP contribution in [-0.2, 0) is 6.61 Å². The van der Waals surface area contributed by atoms with E-state index in [9.17, 15) is 4.39 Å². The van der Waals surface area contributed by atoms with E-state index in [1.165, 1.54) is 6.07 Å².